The van der Waals surface area contributed by atoms with Crippen molar-refractivity contribution in [2.45, 2.75) is 44.7 Å². The molecule has 2 saturated heterocycles. The maximum Gasteiger partial charge on any atom is 0.315 e. The van der Waals surface area contributed by atoms with Gasteiger partial charge in [-0.05, 0) is 51.1 Å². The van der Waals surface area contributed by atoms with Crippen LogP contribution >= 0.6 is 46.4 Å². The summed E-state index contributed by atoms with van der Waals surface area (Å²) in [5, 5.41) is 3.09. The first-order chi connectivity index (χ1) is 20.4. The Hall–Kier alpha value is -2.70. The minimum atomic E-state index is -3.32. The smallest absolute Gasteiger partial charge is 0.315 e. The predicted molar refractivity (Wildman–Crippen MR) is 160 cm³/mol. The number of carbonyl (C=O) groups is 4. The molecule has 3 heterocycles. The number of alkyl halides is 2. The largest absolute Gasteiger partial charge is 0.428 e. The number of nitrogens with zero attached hydrogens (tertiary/aromatic N) is 2. The van der Waals surface area contributed by atoms with Crippen LogP contribution in [0.15, 0.2) is 30.3 Å². The standard InChI is InChI=1S/C29H27Cl4F2N3O6/c1-27(2,3)26(42)44-12-43-24(40)21-20(23(39)37(4)16-6-13(30)5-14(31)7-16)19-10-28(34,35)11-38(19)29(21)17-8-15(32)9-18(33)22(17)36-25(29)41/h5-9,19-21H,10-12H2,1-4H3,(H,36,41)/t19-,20+,21+,29+/m0/s1. The first kappa shape index (κ1) is 32.7. The van der Waals surface area contributed by atoms with Crippen molar-refractivity contribution in [1.29, 1.82) is 0 Å². The Morgan fingerprint density at radius 3 is 2.25 bits per heavy atom. The summed E-state index contributed by atoms with van der Waals surface area (Å²) in [6.07, 6.45) is -0.838. The number of halogens is 6. The van der Waals surface area contributed by atoms with Crippen LogP contribution in [0.1, 0.15) is 32.8 Å². The van der Waals surface area contributed by atoms with E-state index in [2.05, 4.69) is 5.32 Å². The number of rotatable bonds is 5. The van der Waals surface area contributed by atoms with E-state index in [1.54, 1.807) is 20.8 Å². The van der Waals surface area contributed by atoms with Crippen molar-refractivity contribution in [3.8, 4) is 0 Å². The van der Waals surface area contributed by atoms with Gasteiger partial charge in [0.05, 0.1) is 28.6 Å². The number of benzene rings is 2. The summed E-state index contributed by atoms with van der Waals surface area (Å²) >= 11 is 25.0. The van der Waals surface area contributed by atoms with Gasteiger partial charge in [-0.15, -0.1) is 0 Å². The fraction of sp³-hybridized carbons (Fsp3) is 0.448. The fourth-order valence-corrected chi connectivity index (χ4v) is 7.35. The molecule has 15 heteroatoms. The topological polar surface area (TPSA) is 105 Å². The molecule has 0 aromatic heterocycles. The van der Waals surface area contributed by atoms with Crippen LogP contribution in [-0.2, 0) is 34.2 Å². The van der Waals surface area contributed by atoms with Crippen molar-refractivity contribution in [2.24, 2.45) is 17.3 Å². The molecule has 5 rings (SSSR count). The van der Waals surface area contributed by atoms with Crippen molar-refractivity contribution in [2.75, 3.05) is 30.6 Å². The average molecular weight is 693 g/mol. The Balaban J connectivity index is 1.66. The van der Waals surface area contributed by atoms with E-state index in [1.165, 1.54) is 37.4 Å². The molecule has 4 atom stereocenters. The summed E-state index contributed by atoms with van der Waals surface area (Å²) in [7, 11) is 1.37. The molecule has 2 amide bonds. The second kappa shape index (κ2) is 11.3. The first-order valence-corrected chi connectivity index (χ1v) is 14.9. The number of nitrogens with one attached hydrogen (secondary N) is 1. The zero-order valence-corrected chi connectivity index (χ0v) is 26.9. The summed E-state index contributed by atoms with van der Waals surface area (Å²) in [6, 6.07) is 5.72. The van der Waals surface area contributed by atoms with Gasteiger partial charge in [0, 0.05) is 45.8 Å². The van der Waals surface area contributed by atoms with E-state index in [0.717, 1.165) is 9.80 Å². The van der Waals surface area contributed by atoms with Crippen LogP contribution in [-0.4, -0.2) is 61.0 Å². The highest BCUT2D eigenvalue weighted by molar-refractivity contribution is 6.38. The SMILES string of the molecule is CN(C(=O)[C@@H]1[C@@H]2CC(F)(F)CN2[C@@]2(C(=O)Nc3c(Cl)cc(Cl)cc32)[C@H]1C(=O)OCOC(=O)C(C)(C)C)c1cc(Cl)cc(Cl)c1. The first-order valence-electron chi connectivity index (χ1n) is 13.4. The van der Waals surface area contributed by atoms with Crippen molar-refractivity contribution < 1.29 is 37.4 Å². The van der Waals surface area contributed by atoms with Crippen molar-refractivity contribution in [1.82, 2.24) is 4.90 Å². The van der Waals surface area contributed by atoms with E-state index >= 15 is 8.78 Å². The molecule has 3 aliphatic heterocycles. The molecule has 0 aliphatic carbocycles. The van der Waals surface area contributed by atoms with E-state index in [4.69, 9.17) is 55.9 Å². The molecule has 2 aromatic carbocycles. The van der Waals surface area contributed by atoms with Gasteiger partial charge in [-0.3, -0.25) is 24.1 Å². The third-order valence-corrected chi connectivity index (χ3v) is 9.10. The highest BCUT2D eigenvalue weighted by Gasteiger charge is 2.75. The lowest BCUT2D eigenvalue weighted by molar-refractivity contribution is -0.179. The summed E-state index contributed by atoms with van der Waals surface area (Å²) in [6.45, 7) is 2.99. The van der Waals surface area contributed by atoms with E-state index < -0.39 is 78.3 Å². The summed E-state index contributed by atoms with van der Waals surface area (Å²) < 4.78 is 40.9. The van der Waals surface area contributed by atoms with Crippen LogP contribution in [0, 0.1) is 17.3 Å². The Labute approximate surface area is 271 Å². The second-order valence-corrected chi connectivity index (χ2v) is 13.8. The van der Waals surface area contributed by atoms with Crippen LogP contribution in [0.3, 0.4) is 0 Å². The Morgan fingerprint density at radius 2 is 1.64 bits per heavy atom. The van der Waals surface area contributed by atoms with E-state index in [9.17, 15) is 19.2 Å². The Morgan fingerprint density at radius 1 is 1.02 bits per heavy atom. The maximum absolute atomic E-state index is 15.2. The molecule has 44 heavy (non-hydrogen) atoms. The number of amides is 2. The van der Waals surface area contributed by atoms with Gasteiger partial charge in [-0.2, -0.15) is 0 Å². The number of esters is 2. The van der Waals surface area contributed by atoms with Crippen LogP contribution < -0.4 is 10.2 Å². The molecule has 3 aliphatic rings. The van der Waals surface area contributed by atoms with Gasteiger partial charge in [-0.1, -0.05) is 46.4 Å². The third-order valence-electron chi connectivity index (χ3n) is 8.14. The zero-order valence-electron chi connectivity index (χ0n) is 23.9. The summed E-state index contributed by atoms with van der Waals surface area (Å²) in [5.74, 6) is -10.0. The van der Waals surface area contributed by atoms with Crippen molar-refractivity contribution in [3.05, 3.63) is 56.0 Å². The monoisotopic (exact) mass is 691 g/mol. The molecule has 0 unspecified atom stereocenters. The molecule has 1 spiro atoms. The van der Waals surface area contributed by atoms with Crippen LogP contribution in [0.4, 0.5) is 20.2 Å². The fourth-order valence-electron chi connectivity index (χ4n) is 6.30. The minimum Gasteiger partial charge on any atom is -0.428 e. The zero-order chi connectivity index (χ0) is 32.5. The molecular formula is C29H27Cl4F2N3O6. The number of anilines is 2. The Bertz CT molecular complexity index is 1560. The lowest BCUT2D eigenvalue weighted by Gasteiger charge is -2.36. The van der Waals surface area contributed by atoms with Gasteiger partial charge in [0.25, 0.3) is 11.8 Å². The molecule has 236 valence electrons. The summed E-state index contributed by atoms with van der Waals surface area (Å²) in [4.78, 5) is 57.1. The normalized spacial score (nSPS) is 25.4. The molecule has 0 saturated carbocycles. The van der Waals surface area contributed by atoms with Gasteiger partial charge in [-0.25, -0.2) is 8.78 Å². The molecule has 9 nitrogen and oxygen atoms in total. The number of ether oxygens (including phenoxy) is 2. The van der Waals surface area contributed by atoms with Crippen molar-refractivity contribution >= 4 is 81.5 Å². The maximum atomic E-state index is 15.2. The van der Waals surface area contributed by atoms with Gasteiger partial charge < -0.3 is 19.7 Å². The molecule has 1 N–H and O–H groups in total. The van der Waals surface area contributed by atoms with E-state index in [0.29, 0.717) is 0 Å². The van der Waals surface area contributed by atoms with Crippen LogP contribution in [0.5, 0.6) is 0 Å². The highest BCUT2D eigenvalue weighted by atomic mass is 35.5. The Kier molecular flexibility index (Phi) is 8.38. The number of carbonyl (C=O) groups excluding carboxylic acids is 4. The number of hydrogen-bond donors (Lipinski definition) is 1. The van der Waals surface area contributed by atoms with Gasteiger partial charge in [0.1, 0.15) is 11.5 Å². The lowest BCUT2D eigenvalue weighted by atomic mass is 9.73. The van der Waals surface area contributed by atoms with Gasteiger partial charge >= 0.3 is 11.9 Å². The lowest BCUT2D eigenvalue weighted by Crippen LogP contribution is -2.54. The average Bonchev–Trinajstić information content (AvgIpc) is 3.47. The highest BCUT2D eigenvalue weighted by Crippen LogP contribution is 2.61. The molecule has 0 bridgehead atoms. The van der Waals surface area contributed by atoms with Crippen molar-refractivity contribution in [3.63, 3.8) is 0 Å². The predicted octanol–water partition coefficient (Wildman–Crippen LogP) is 6.16. The molecular weight excluding hydrogens is 666 g/mol. The van der Waals surface area contributed by atoms with Gasteiger partial charge in [0.15, 0.2) is 0 Å². The molecule has 2 fully saturated rings. The number of hydrogen-bond acceptors (Lipinski definition) is 7. The molecule has 0 radical (unpaired) electrons. The van der Waals surface area contributed by atoms with E-state index in [1.807, 2.05) is 0 Å². The van der Waals surface area contributed by atoms with Gasteiger partial charge in [0.2, 0.25) is 12.7 Å². The minimum absolute atomic E-state index is 0.00641. The van der Waals surface area contributed by atoms with Crippen LogP contribution in [0.2, 0.25) is 20.1 Å². The van der Waals surface area contributed by atoms with Crippen LogP contribution in [0.25, 0.3) is 0 Å². The second-order valence-electron chi connectivity index (χ2n) is 12.1. The quantitative estimate of drug-likeness (QED) is 0.296. The number of fused-ring (bicyclic) bond motifs is 4. The van der Waals surface area contributed by atoms with E-state index in [-0.39, 0.29) is 37.0 Å². The molecule has 2 aromatic rings. The summed E-state index contributed by atoms with van der Waals surface area (Å²) in [5.41, 5.74) is -2.77. The third kappa shape index (κ3) is 5.40.